The van der Waals surface area contributed by atoms with Crippen molar-refractivity contribution >= 4 is 11.8 Å². The van der Waals surface area contributed by atoms with Crippen molar-refractivity contribution in [3.05, 3.63) is 108 Å². The predicted octanol–water partition coefficient (Wildman–Crippen LogP) is 4.40. The summed E-state index contributed by atoms with van der Waals surface area (Å²) in [7, 11) is 0. The van der Waals surface area contributed by atoms with Crippen LogP contribution in [0.4, 0.5) is 0 Å². The highest BCUT2D eigenvalue weighted by molar-refractivity contribution is 5.97. The minimum Gasteiger partial charge on any atom is -0.353 e. The first kappa shape index (κ1) is 19.9. The first-order chi connectivity index (χ1) is 14.7. The third kappa shape index (κ3) is 4.28. The maximum atomic E-state index is 13.2. The molecule has 4 rings (SSSR count). The quantitative estimate of drug-likeness (QED) is 0.620. The summed E-state index contributed by atoms with van der Waals surface area (Å²) >= 11 is 0. The van der Waals surface area contributed by atoms with Crippen LogP contribution in [0.5, 0.6) is 0 Å². The lowest BCUT2D eigenvalue weighted by molar-refractivity contribution is -0.123. The first-order valence-electron chi connectivity index (χ1n) is 10.4. The van der Waals surface area contributed by atoms with Gasteiger partial charge in [0.05, 0.1) is 0 Å². The zero-order chi connectivity index (χ0) is 20.8. The molecule has 0 heterocycles. The van der Waals surface area contributed by atoms with Gasteiger partial charge in [-0.3, -0.25) is 9.59 Å². The number of hydrogen-bond donors (Lipinski definition) is 2. The summed E-state index contributed by atoms with van der Waals surface area (Å²) in [5.41, 5.74) is 2.55. The van der Waals surface area contributed by atoms with E-state index >= 15 is 0 Å². The van der Waals surface area contributed by atoms with Crippen LogP contribution in [0.15, 0.2) is 91.0 Å². The molecule has 4 heteroatoms. The zero-order valence-electron chi connectivity index (χ0n) is 16.9. The Labute approximate surface area is 177 Å². The summed E-state index contributed by atoms with van der Waals surface area (Å²) in [6.45, 7) is 0.570. The molecule has 1 atom stereocenters. The van der Waals surface area contributed by atoms with Gasteiger partial charge in [0.15, 0.2) is 0 Å². The molecule has 4 nitrogen and oxygen atoms in total. The predicted molar refractivity (Wildman–Crippen MR) is 118 cm³/mol. The maximum Gasteiger partial charge on any atom is 0.252 e. The molecule has 0 aliphatic heterocycles. The lowest BCUT2D eigenvalue weighted by Gasteiger charge is -2.43. The minimum atomic E-state index is -0.744. The highest BCUT2D eigenvalue weighted by Gasteiger charge is 2.39. The van der Waals surface area contributed by atoms with Gasteiger partial charge in [0.25, 0.3) is 5.91 Å². The third-order valence-electron chi connectivity index (χ3n) is 6.00. The van der Waals surface area contributed by atoms with Crippen molar-refractivity contribution in [3.8, 4) is 0 Å². The summed E-state index contributed by atoms with van der Waals surface area (Å²) < 4.78 is 0. The Morgan fingerprint density at radius 3 is 1.93 bits per heavy atom. The smallest absolute Gasteiger partial charge is 0.252 e. The normalized spacial score (nSPS) is 15.5. The average molecular weight is 399 g/mol. The van der Waals surface area contributed by atoms with E-state index in [9.17, 15) is 9.59 Å². The second-order valence-electron chi connectivity index (χ2n) is 7.90. The van der Waals surface area contributed by atoms with Gasteiger partial charge in [-0.25, -0.2) is 0 Å². The second-order valence-corrected chi connectivity index (χ2v) is 7.90. The van der Waals surface area contributed by atoms with Crippen molar-refractivity contribution in [2.45, 2.75) is 30.7 Å². The summed E-state index contributed by atoms with van der Waals surface area (Å²) in [6.07, 6.45) is 3.28. The molecule has 0 saturated heterocycles. The first-order valence-corrected chi connectivity index (χ1v) is 10.4. The molecule has 1 aliphatic rings. The number of rotatable bonds is 7. The Morgan fingerprint density at radius 2 is 1.37 bits per heavy atom. The molecule has 0 spiro atoms. The van der Waals surface area contributed by atoms with Crippen LogP contribution in [-0.2, 0) is 10.2 Å². The van der Waals surface area contributed by atoms with Crippen molar-refractivity contribution in [1.82, 2.24) is 10.6 Å². The topological polar surface area (TPSA) is 58.2 Å². The molecule has 1 aliphatic carbocycles. The SMILES string of the molecule is O=C(NC(C(=O)NCC1(c2ccccc2)CCC1)c1ccccc1)c1ccccc1. The van der Waals surface area contributed by atoms with Crippen LogP contribution in [0.3, 0.4) is 0 Å². The monoisotopic (exact) mass is 398 g/mol. The van der Waals surface area contributed by atoms with E-state index in [2.05, 4.69) is 22.8 Å². The molecule has 0 bridgehead atoms. The fourth-order valence-corrected chi connectivity index (χ4v) is 4.07. The number of benzene rings is 3. The van der Waals surface area contributed by atoms with E-state index in [1.165, 1.54) is 5.56 Å². The van der Waals surface area contributed by atoms with Gasteiger partial charge in [-0.05, 0) is 36.1 Å². The van der Waals surface area contributed by atoms with E-state index < -0.39 is 6.04 Å². The highest BCUT2D eigenvalue weighted by Crippen LogP contribution is 2.43. The van der Waals surface area contributed by atoms with Crippen LogP contribution in [0.2, 0.25) is 0 Å². The number of carbonyl (C=O) groups excluding carboxylic acids is 2. The summed E-state index contributed by atoms with van der Waals surface area (Å²) in [5, 5.41) is 6.04. The molecule has 1 unspecified atom stereocenters. The molecule has 152 valence electrons. The van der Waals surface area contributed by atoms with E-state index in [4.69, 9.17) is 0 Å². The van der Waals surface area contributed by atoms with Gasteiger partial charge < -0.3 is 10.6 Å². The Hall–Kier alpha value is -3.40. The van der Waals surface area contributed by atoms with E-state index in [0.29, 0.717) is 12.1 Å². The molecule has 3 aromatic carbocycles. The van der Waals surface area contributed by atoms with Crippen LogP contribution in [-0.4, -0.2) is 18.4 Å². The summed E-state index contributed by atoms with van der Waals surface area (Å²) in [6, 6.07) is 28.0. The lowest BCUT2D eigenvalue weighted by atomic mass is 9.64. The van der Waals surface area contributed by atoms with Gasteiger partial charge in [0.1, 0.15) is 6.04 Å². The number of hydrogen-bond acceptors (Lipinski definition) is 2. The zero-order valence-corrected chi connectivity index (χ0v) is 16.9. The molecule has 1 fully saturated rings. The van der Waals surface area contributed by atoms with E-state index in [1.54, 1.807) is 12.1 Å². The standard InChI is InChI=1S/C26H26N2O2/c29-24(21-13-6-2-7-14-21)28-23(20-11-4-1-5-12-20)25(30)27-19-26(17-10-18-26)22-15-8-3-9-16-22/h1-9,11-16,23H,10,17-19H2,(H,27,30)(H,28,29). The van der Waals surface area contributed by atoms with Crippen LogP contribution >= 0.6 is 0 Å². The van der Waals surface area contributed by atoms with Gasteiger partial charge in [0.2, 0.25) is 5.91 Å². The molecular weight excluding hydrogens is 372 g/mol. The molecule has 0 aromatic heterocycles. The Bertz CT molecular complexity index is 983. The van der Waals surface area contributed by atoms with Gasteiger partial charge in [-0.1, -0.05) is 85.3 Å². The second kappa shape index (κ2) is 8.95. The van der Waals surface area contributed by atoms with Gasteiger partial charge in [0, 0.05) is 17.5 Å². The molecule has 30 heavy (non-hydrogen) atoms. The fourth-order valence-electron chi connectivity index (χ4n) is 4.07. The number of nitrogens with one attached hydrogen (secondary N) is 2. The Balaban J connectivity index is 1.51. The largest absolute Gasteiger partial charge is 0.353 e. The van der Waals surface area contributed by atoms with Crippen molar-refractivity contribution in [2.24, 2.45) is 0 Å². The number of carbonyl (C=O) groups is 2. The van der Waals surface area contributed by atoms with E-state index in [0.717, 1.165) is 24.8 Å². The Morgan fingerprint density at radius 1 is 0.800 bits per heavy atom. The molecule has 1 saturated carbocycles. The van der Waals surface area contributed by atoms with Gasteiger partial charge >= 0.3 is 0 Å². The highest BCUT2D eigenvalue weighted by atomic mass is 16.2. The summed E-state index contributed by atoms with van der Waals surface area (Å²) in [4.78, 5) is 25.9. The van der Waals surface area contributed by atoms with Crippen LogP contribution in [0, 0.1) is 0 Å². The van der Waals surface area contributed by atoms with Crippen molar-refractivity contribution in [1.29, 1.82) is 0 Å². The van der Waals surface area contributed by atoms with Crippen molar-refractivity contribution in [3.63, 3.8) is 0 Å². The number of amides is 2. The molecule has 3 aromatic rings. The van der Waals surface area contributed by atoms with Gasteiger partial charge in [-0.15, -0.1) is 0 Å². The van der Waals surface area contributed by atoms with E-state index in [1.807, 2.05) is 66.7 Å². The molecule has 2 N–H and O–H groups in total. The molecule has 2 amide bonds. The molecular formula is C26H26N2O2. The van der Waals surface area contributed by atoms with Crippen LogP contribution in [0.25, 0.3) is 0 Å². The summed E-state index contributed by atoms with van der Waals surface area (Å²) in [5.74, 6) is -0.450. The fraction of sp³-hybridized carbons (Fsp3) is 0.231. The lowest BCUT2D eigenvalue weighted by Crippen LogP contribution is -2.48. The van der Waals surface area contributed by atoms with Crippen LogP contribution in [0.1, 0.15) is 46.8 Å². The average Bonchev–Trinajstić information content (AvgIpc) is 2.78. The van der Waals surface area contributed by atoms with Crippen LogP contribution < -0.4 is 10.6 Å². The van der Waals surface area contributed by atoms with Crippen molar-refractivity contribution in [2.75, 3.05) is 6.54 Å². The molecule has 0 radical (unpaired) electrons. The minimum absolute atomic E-state index is 0.0123. The maximum absolute atomic E-state index is 13.2. The Kier molecular flexibility index (Phi) is 5.94. The van der Waals surface area contributed by atoms with E-state index in [-0.39, 0.29) is 17.2 Å². The third-order valence-corrected chi connectivity index (χ3v) is 6.00. The van der Waals surface area contributed by atoms with Crippen molar-refractivity contribution < 1.29 is 9.59 Å². The van der Waals surface area contributed by atoms with Gasteiger partial charge in [-0.2, -0.15) is 0 Å².